The normalized spacial score (nSPS) is 12.4. The molecule has 0 aliphatic carbocycles. The van der Waals surface area contributed by atoms with Gasteiger partial charge in [0.1, 0.15) is 6.04 Å². The number of thioether (sulfide) groups is 1. The van der Waals surface area contributed by atoms with Gasteiger partial charge in [0.05, 0.1) is 0 Å². The fraction of sp³-hybridized carbons (Fsp3) is 0.417. The van der Waals surface area contributed by atoms with Gasteiger partial charge >= 0.3 is 5.97 Å². The van der Waals surface area contributed by atoms with Crippen molar-refractivity contribution in [2.45, 2.75) is 18.7 Å². The highest BCUT2D eigenvalue weighted by Crippen LogP contribution is 2.14. The molecule has 0 fully saturated rings. The Labute approximate surface area is 100 Å². The molecule has 0 heterocycles. The van der Waals surface area contributed by atoms with E-state index in [-0.39, 0.29) is 0 Å². The summed E-state index contributed by atoms with van der Waals surface area (Å²) in [6, 6.07) is 7.81. The summed E-state index contributed by atoms with van der Waals surface area (Å²) in [5, 5.41) is 11.6. The Morgan fingerprint density at radius 2 is 2.31 bits per heavy atom. The van der Waals surface area contributed by atoms with E-state index >= 15 is 0 Å². The molecule has 1 aromatic rings. The van der Waals surface area contributed by atoms with Gasteiger partial charge in [-0.15, -0.1) is 0 Å². The third kappa shape index (κ3) is 4.24. The Balaban J connectivity index is 2.38. The second kappa shape index (κ2) is 6.55. The first-order valence-corrected chi connectivity index (χ1v) is 6.32. The molecule has 0 aliphatic rings. The third-order valence-electron chi connectivity index (χ3n) is 2.28. The fourth-order valence-electron chi connectivity index (χ4n) is 1.37. The van der Waals surface area contributed by atoms with E-state index in [2.05, 4.69) is 30.4 Å². The maximum absolute atomic E-state index is 10.8. The van der Waals surface area contributed by atoms with Gasteiger partial charge in [0.25, 0.3) is 0 Å². The third-order valence-corrected chi connectivity index (χ3v) is 3.39. The number of rotatable bonds is 6. The van der Waals surface area contributed by atoms with Crippen molar-refractivity contribution in [3.8, 4) is 0 Å². The highest BCUT2D eigenvalue weighted by atomic mass is 32.2. The van der Waals surface area contributed by atoms with Gasteiger partial charge in [-0.25, -0.2) is 0 Å². The lowest BCUT2D eigenvalue weighted by molar-refractivity contribution is -0.138. The van der Waals surface area contributed by atoms with Gasteiger partial charge in [0.2, 0.25) is 0 Å². The van der Waals surface area contributed by atoms with Crippen LogP contribution in [0.25, 0.3) is 0 Å². The number of aryl methyl sites for hydroxylation is 1. The first-order chi connectivity index (χ1) is 7.63. The lowest BCUT2D eigenvalue weighted by Crippen LogP contribution is -2.36. The van der Waals surface area contributed by atoms with Crippen LogP contribution in [0.4, 0.5) is 0 Å². The maximum Gasteiger partial charge on any atom is 0.321 e. The second-order valence-electron chi connectivity index (χ2n) is 3.68. The predicted molar refractivity (Wildman–Crippen MR) is 67.8 cm³/mol. The monoisotopic (exact) mass is 239 g/mol. The summed E-state index contributed by atoms with van der Waals surface area (Å²) >= 11 is 1.63. The van der Waals surface area contributed by atoms with Crippen molar-refractivity contribution in [2.24, 2.45) is 0 Å². The molecule has 0 aliphatic heterocycles. The SMILES string of the molecule is CNC(CSCc1cccc(C)c1)C(=O)O. The molecule has 2 N–H and O–H groups in total. The molecule has 0 bridgehead atoms. The highest BCUT2D eigenvalue weighted by molar-refractivity contribution is 7.98. The van der Waals surface area contributed by atoms with Crippen LogP contribution < -0.4 is 5.32 Å². The van der Waals surface area contributed by atoms with Crippen LogP contribution in [0.1, 0.15) is 11.1 Å². The number of aliphatic carboxylic acids is 1. The highest BCUT2D eigenvalue weighted by Gasteiger charge is 2.13. The van der Waals surface area contributed by atoms with E-state index in [4.69, 9.17) is 5.11 Å². The zero-order valence-electron chi connectivity index (χ0n) is 9.56. The number of likely N-dealkylation sites (N-methyl/N-ethyl adjacent to an activating group) is 1. The Hall–Kier alpha value is -1.00. The predicted octanol–water partition coefficient (Wildman–Crippen LogP) is 1.90. The average Bonchev–Trinajstić information content (AvgIpc) is 2.24. The van der Waals surface area contributed by atoms with Crippen molar-refractivity contribution in [1.29, 1.82) is 0 Å². The second-order valence-corrected chi connectivity index (χ2v) is 4.71. The average molecular weight is 239 g/mol. The number of benzene rings is 1. The van der Waals surface area contributed by atoms with Crippen LogP contribution in [0, 0.1) is 6.92 Å². The zero-order chi connectivity index (χ0) is 12.0. The van der Waals surface area contributed by atoms with Crippen LogP contribution in [-0.2, 0) is 10.5 Å². The Morgan fingerprint density at radius 3 is 2.88 bits per heavy atom. The molecule has 0 aromatic heterocycles. The van der Waals surface area contributed by atoms with Gasteiger partial charge in [0.15, 0.2) is 0 Å². The molecule has 0 radical (unpaired) electrons. The van der Waals surface area contributed by atoms with Crippen LogP contribution in [-0.4, -0.2) is 29.9 Å². The largest absolute Gasteiger partial charge is 0.480 e. The van der Waals surface area contributed by atoms with Crippen LogP contribution in [0.2, 0.25) is 0 Å². The van der Waals surface area contributed by atoms with Crippen molar-refractivity contribution in [1.82, 2.24) is 5.32 Å². The minimum atomic E-state index is -0.792. The van der Waals surface area contributed by atoms with E-state index in [1.54, 1.807) is 18.8 Å². The molecule has 3 nitrogen and oxygen atoms in total. The molecule has 1 unspecified atom stereocenters. The first kappa shape index (κ1) is 13.1. The van der Waals surface area contributed by atoms with Crippen molar-refractivity contribution < 1.29 is 9.90 Å². The fourth-order valence-corrected chi connectivity index (χ4v) is 2.45. The summed E-state index contributed by atoms with van der Waals surface area (Å²) in [4.78, 5) is 10.8. The van der Waals surface area contributed by atoms with Gasteiger partial charge in [-0.3, -0.25) is 4.79 Å². The van der Waals surface area contributed by atoms with Gasteiger partial charge < -0.3 is 10.4 Å². The minimum absolute atomic E-state index is 0.463. The Bertz CT molecular complexity index is 355. The lowest BCUT2D eigenvalue weighted by atomic mass is 10.2. The molecule has 0 amide bonds. The molecular formula is C12H17NO2S. The van der Waals surface area contributed by atoms with Crippen molar-refractivity contribution >= 4 is 17.7 Å². The molecule has 0 saturated heterocycles. The van der Waals surface area contributed by atoms with Crippen LogP contribution in [0.3, 0.4) is 0 Å². The Morgan fingerprint density at radius 1 is 1.56 bits per heavy atom. The van der Waals surface area contributed by atoms with E-state index < -0.39 is 12.0 Å². The topological polar surface area (TPSA) is 49.3 Å². The standard InChI is InChI=1S/C12H17NO2S/c1-9-4-3-5-10(6-9)7-16-8-11(13-2)12(14)15/h3-6,11,13H,7-8H2,1-2H3,(H,14,15). The van der Waals surface area contributed by atoms with Gasteiger partial charge in [0, 0.05) is 11.5 Å². The van der Waals surface area contributed by atoms with Crippen LogP contribution >= 0.6 is 11.8 Å². The van der Waals surface area contributed by atoms with Crippen molar-refractivity contribution in [3.05, 3.63) is 35.4 Å². The molecule has 0 saturated carbocycles. The van der Waals surface area contributed by atoms with E-state index in [1.165, 1.54) is 11.1 Å². The van der Waals surface area contributed by atoms with E-state index in [9.17, 15) is 4.79 Å². The smallest absolute Gasteiger partial charge is 0.321 e. The van der Waals surface area contributed by atoms with Crippen molar-refractivity contribution in [3.63, 3.8) is 0 Å². The summed E-state index contributed by atoms with van der Waals surface area (Å²) in [6.45, 7) is 2.06. The summed E-state index contributed by atoms with van der Waals surface area (Å²) < 4.78 is 0. The van der Waals surface area contributed by atoms with Crippen molar-refractivity contribution in [2.75, 3.05) is 12.8 Å². The Kier molecular flexibility index (Phi) is 5.35. The summed E-state index contributed by atoms with van der Waals surface area (Å²) in [6.07, 6.45) is 0. The number of carboxylic acid groups (broad SMARTS) is 1. The summed E-state index contributed by atoms with van der Waals surface area (Å²) in [5.41, 5.74) is 2.48. The van der Waals surface area contributed by atoms with Crippen LogP contribution in [0.15, 0.2) is 24.3 Å². The van der Waals surface area contributed by atoms with E-state index in [0.717, 1.165) is 5.75 Å². The summed E-state index contributed by atoms with van der Waals surface area (Å²) in [5.74, 6) is 0.645. The van der Waals surface area contributed by atoms with E-state index in [0.29, 0.717) is 5.75 Å². The molecule has 1 rings (SSSR count). The number of carboxylic acids is 1. The van der Waals surface area contributed by atoms with E-state index in [1.807, 2.05) is 6.07 Å². The number of hydrogen-bond acceptors (Lipinski definition) is 3. The quantitative estimate of drug-likeness (QED) is 0.796. The molecule has 0 spiro atoms. The van der Waals surface area contributed by atoms with Gasteiger partial charge in [-0.05, 0) is 19.5 Å². The first-order valence-electron chi connectivity index (χ1n) is 5.17. The number of nitrogens with one attached hydrogen (secondary N) is 1. The molecule has 1 aromatic carbocycles. The number of hydrogen-bond donors (Lipinski definition) is 2. The number of carbonyl (C=O) groups is 1. The maximum atomic E-state index is 10.8. The minimum Gasteiger partial charge on any atom is -0.480 e. The molecule has 16 heavy (non-hydrogen) atoms. The lowest BCUT2D eigenvalue weighted by Gasteiger charge is -2.10. The zero-order valence-corrected chi connectivity index (χ0v) is 10.4. The summed E-state index contributed by atoms with van der Waals surface area (Å²) in [7, 11) is 1.67. The van der Waals surface area contributed by atoms with Gasteiger partial charge in [-0.1, -0.05) is 29.8 Å². The molecular weight excluding hydrogens is 222 g/mol. The molecule has 1 atom stereocenters. The van der Waals surface area contributed by atoms with Crippen LogP contribution in [0.5, 0.6) is 0 Å². The molecule has 88 valence electrons. The van der Waals surface area contributed by atoms with Gasteiger partial charge in [-0.2, -0.15) is 11.8 Å². The molecule has 4 heteroatoms.